The molecule has 2 rings (SSSR count). The third kappa shape index (κ3) is 3.03. The van der Waals surface area contributed by atoms with Crippen molar-refractivity contribution in [2.75, 3.05) is 0 Å². The zero-order chi connectivity index (χ0) is 13.1. The van der Waals surface area contributed by atoms with Crippen molar-refractivity contribution in [2.45, 2.75) is 39.2 Å². The molecule has 0 amide bonds. The molecule has 3 nitrogen and oxygen atoms in total. The first-order valence-electron chi connectivity index (χ1n) is 6.56. The third-order valence-corrected chi connectivity index (χ3v) is 3.93. The molecule has 1 aromatic carbocycles. The van der Waals surface area contributed by atoms with Gasteiger partial charge in [-0.05, 0) is 49.3 Å². The fourth-order valence-electron chi connectivity index (χ4n) is 2.50. The molecule has 1 N–H and O–H groups in total. The largest absolute Gasteiger partial charge is 0.490 e. The Kier molecular flexibility index (Phi) is 3.90. The van der Waals surface area contributed by atoms with E-state index in [0.29, 0.717) is 11.7 Å². The Morgan fingerprint density at radius 1 is 1.28 bits per heavy atom. The molecule has 0 radical (unpaired) electrons. The van der Waals surface area contributed by atoms with Gasteiger partial charge in [0.15, 0.2) is 0 Å². The Labute approximate surface area is 108 Å². The van der Waals surface area contributed by atoms with Crippen LogP contribution in [0.2, 0.25) is 0 Å². The van der Waals surface area contributed by atoms with E-state index < -0.39 is 5.97 Å². The van der Waals surface area contributed by atoms with Crippen molar-refractivity contribution in [1.82, 2.24) is 0 Å². The van der Waals surface area contributed by atoms with Gasteiger partial charge in [-0.15, -0.1) is 0 Å². The molecular weight excluding hydrogens is 228 g/mol. The molecule has 18 heavy (non-hydrogen) atoms. The summed E-state index contributed by atoms with van der Waals surface area (Å²) in [6, 6.07) is 6.74. The molecule has 0 aromatic heterocycles. The number of carboxylic acids is 1. The zero-order valence-corrected chi connectivity index (χ0v) is 10.9. The highest BCUT2D eigenvalue weighted by molar-refractivity contribution is 5.87. The Bertz CT molecular complexity index is 428. The molecule has 0 aliphatic heterocycles. The van der Waals surface area contributed by atoms with Gasteiger partial charge in [-0.3, -0.25) is 0 Å². The van der Waals surface area contributed by atoms with E-state index in [1.807, 2.05) is 6.07 Å². The summed E-state index contributed by atoms with van der Waals surface area (Å²) in [6.45, 7) is 4.54. The fourth-order valence-corrected chi connectivity index (χ4v) is 2.50. The van der Waals surface area contributed by atoms with Crippen LogP contribution in [0.4, 0.5) is 0 Å². The minimum atomic E-state index is -0.911. The van der Waals surface area contributed by atoms with Crippen LogP contribution in [0.5, 0.6) is 5.75 Å². The SMILES string of the molecule is CC1CCC(Oc2cccc(C(=O)O)c2)CC1C. The maximum Gasteiger partial charge on any atom is 0.335 e. The number of benzene rings is 1. The van der Waals surface area contributed by atoms with Crippen LogP contribution in [0, 0.1) is 11.8 Å². The van der Waals surface area contributed by atoms with E-state index in [-0.39, 0.29) is 11.7 Å². The standard InChI is InChI=1S/C15H20O3/c1-10-6-7-14(8-11(10)2)18-13-5-3-4-12(9-13)15(16)17/h3-5,9-11,14H,6-8H2,1-2H3,(H,16,17). The number of hydrogen-bond donors (Lipinski definition) is 1. The third-order valence-electron chi connectivity index (χ3n) is 3.93. The van der Waals surface area contributed by atoms with Gasteiger partial charge in [0.1, 0.15) is 5.75 Å². The predicted molar refractivity (Wildman–Crippen MR) is 70.0 cm³/mol. The summed E-state index contributed by atoms with van der Waals surface area (Å²) in [6.07, 6.45) is 3.52. The molecule has 1 aliphatic carbocycles. The van der Waals surface area contributed by atoms with E-state index in [1.54, 1.807) is 18.2 Å². The highest BCUT2D eigenvalue weighted by Crippen LogP contribution is 2.31. The molecule has 98 valence electrons. The predicted octanol–water partition coefficient (Wildman–Crippen LogP) is 3.59. The van der Waals surface area contributed by atoms with E-state index in [2.05, 4.69) is 13.8 Å². The first-order valence-corrected chi connectivity index (χ1v) is 6.56. The maximum absolute atomic E-state index is 10.9. The molecule has 0 bridgehead atoms. The summed E-state index contributed by atoms with van der Waals surface area (Å²) in [7, 11) is 0. The fraction of sp³-hybridized carbons (Fsp3) is 0.533. The van der Waals surface area contributed by atoms with Gasteiger partial charge in [-0.1, -0.05) is 19.9 Å². The highest BCUT2D eigenvalue weighted by Gasteiger charge is 2.25. The lowest BCUT2D eigenvalue weighted by molar-refractivity contribution is 0.0694. The molecule has 1 aromatic rings. The Morgan fingerprint density at radius 3 is 2.72 bits per heavy atom. The van der Waals surface area contributed by atoms with Crippen LogP contribution in [-0.2, 0) is 0 Å². The van der Waals surface area contributed by atoms with Crippen LogP contribution < -0.4 is 4.74 Å². The minimum absolute atomic E-state index is 0.222. The van der Waals surface area contributed by atoms with Crippen LogP contribution in [-0.4, -0.2) is 17.2 Å². The van der Waals surface area contributed by atoms with E-state index in [4.69, 9.17) is 9.84 Å². The van der Waals surface area contributed by atoms with E-state index >= 15 is 0 Å². The molecule has 1 aliphatic rings. The van der Waals surface area contributed by atoms with E-state index in [1.165, 1.54) is 6.42 Å². The quantitative estimate of drug-likeness (QED) is 0.889. The van der Waals surface area contributed by atoms with Crippen molar-refractivity contribution in [3.8, 4) is 5.75 Å². The van der Waals surface area contributed by atoms with Gasteiger partial charge in [0.2, 0.25) is 0 Å². The second-order valence-corrected chi connectivity index (χ2v) is 5.34. The van der Waals surface area contributed by atoms with Gasteiger partial charge >= 0.3 is 5.97 Å². The van der Waals surface area contributed by atoms with Crippen molar-refractivity contribution < 1.29 is 14.6 Å². The topological polar surface area (TPSA) is 46.5 Å². The number of aromatic carboxylic acids is 1. The average molecular weight is 248 g/mol. The summed E-state index contributed by atoms with van der Waals surface area (Å²) < 4.78 is 5.90. The molecule has 3 atom stereocenters. The molecule has 3 heteroatoms. The van der Waals surface area contributed by atoms with Crippen molar-refractivity contribution >= 4 is 5.97 Å². The molecular formula is C15H20O3. The molecule has 0 heterocycles. The molecule has 0 saturated heterocycles. The van der Waals surface area contributed by atoms with Crippen LogP contribution in [0.15, 0.2) is 24.3 Å². The zero-order valence-electron chi connectivity index (χ0n) is 10.9. The lowest BCUT2D eigenvalue weighted by Gasteiger charge is -2.32. The number of rotatable bonds is 3. The van der Waals surface area contributed by atoms with Gasteiger partial charge in [-0.2, -0.15) is 0 Å². The van der Waals surface area contributed by atoms with Gasteiger partial charge in [-0.25, -0.2) is 4.79 Å². The first kappa shape index (κ1) is 12.9. The van der Waals surface area contributed by atoms with Gasteiger partial charge in [0, 0.05) is 0 Å². The second-order valence-electron chi connectivity index (χ2n) is 5.34. The van der Waals surface area contributed by atoms with Crippen LogP contribution in [0.3, 0.4) is 0 Å². The van der Waals surface area contributed by atoms with E-state index in [9.17, 15) is 4.79 Å². The highest BCUT2D eigenvalue weighted by atomic mass is 16.5. The van der Waals surface area contributed by atoms with Crippen molar-refractivity contribution in [3.05, 3.63) is 29.8 Å². The summed E-state index contributed by atoms with van der Waals surface area (Å²) >= 11 is 0. The maximum atomic E-state index is 10.9. The lowest BCUT2D eigenvalue weighted by Crippen LogP contribution is -2.28. The lowest BCUT2D eigenvalue weighted by atomic mass is 9.80. The molecule has 1 saturated carbocycles. The smallest absolute Gasteiger partial charge is 0.335 e. The van der Waals surface area contributed by atoms with Gasteiger partial charge in [0.05, 0.1) is 11.7 Å². The van der Waals surface area contributed by atoms with Gasteiger partial charge < -0.3 is 9.84 Å². The summed E-state index contributed by atoms with van der Waals surface area (Å²) in [5.41, 5.74) is 0.282. The van der Waals surface area contributed by atoms with Crippen LogP contribution in [0.25, 0.3) is 0 Å². The normalized spacial score (nSPS) is 27.8. The Hall–Kier alpha value is -1.51. The van der Waals surface area contributed by atoms with Crippen molar-refractivity contribution in [3.63, 3.8) is 0 Å². The Morgan fingerprint density at radius 2 is 2.06 bits per heavy atom. The number of carboxylic acid groups (broad SMARTS) is 1. The van der Waals surface area contributed by atoms with Crippen molar-refractivity contribution in [1.29, 1.82) is 0 Å². The average Bonchev–Trinajstić information content (AvgIpc) is 2.34. The monoisotopic (exact) mass is 248 g/mol. The minimum Gasteiger partial charge on any atom is -0.490 e. The second kappa shape index (κ2) is 5.42. The van der Waals surface area contributed by atoms with Crippen molar-refractivity contribution in [2.24, 2.45) is 11.8 Å². The van der Waals surface area contributed by atoms with Crippen LogP contribution >= 0.6 is 0 Å². The Balaban J connectivity index is 2.01. The summed E-state index contributed by atoms with van der Waals surface area (Å²) in [5.74, 6) is 1.19. The first-order chi connectivity index (χ1) is 8.56. The molecule has 0 spiro atoms. The number of carbonyl (C=O) groups is 1. The van der Waals surface area contributed by atoms with Crippen LogP contribution in [0.1, 0.15) is 43.5 Å². The molecule has 3 unspecified atom stereocenters. The number of ether oxygens (including phenoxy) is 1. The van der Waals surface area contributed by atoms with Gasteiger partial charge in [0.25, 0.3) is 0 Å². The van der Waals surface area contributed by atoms with E-state index in [0.717, 1.165) is 18.8 Å². The number of hydrogen-bond acceptors (Lipinski definition) is 2. The molecule has 1 fully saturated rings. The summed E-state index contributed by atoms with van der Waals surface area (Å²) in [5, 5.41) is 8.94. The summed E-state index contributed by atoms with van der Waals surface area (Å²) in [4.78, 5) is 10.9.